The lowest BCUT2D eigenvalue weighted by molar-refractivity contribution is -0.147. The average Bonchev–Trinajstić information content (AvgIpc) is 2.63. The SMILES string of the molecule is N#CC1(c2ccccc2)CCN(C(=O)[C@H]2CCCCO2)CC1. The minimum absolute atomic E-state index is 0.110. The number of nitrogens with zero attached hydrogens (tertiary/aromatic N) is 2. The van der Waals surface area contributed by atoms with E-state index in [0.717, 1.165) is 24.8 Å². The van der Waals surface area contributed by atoms with Crippen LogP contribution in [0.15, 0.2) is 30.3 Å². The number of likely N-dealkylation sites (tertiary alicyclic amines) is 1. The van der Waals surface area contributed by atoms with Crippen LogP contribution in [0.25, 0.3) is 0 Å². The normalized spacial score (nSPS) is 24.5. The maximum atomic E-state index is 12.5. The zero-order chi connectivity index (χ0) is 15.4. The largest absolute Gasteiger partial charge is 0.368 e. The highest BCUT2D eigenvalue weighted by Crippen LogP contribution is 2.35. The molecule has 4 nitrogen and oxygen atoms in total. The van der Waals surface area contributed by atoms with Gasteiger partial charge in [0, 0.05) is 19.7 Å². The van der Waals surface area contributed by atoms with Crippen LogP contribution in [0.5, 0.6) is 0 Å². The maximum absolute atomic E-state index is 12.5. The molecule has 0 spiro atoms. The molecule has 0 aromatic heterocycles. The van der Waals surface area contributed by atoms with E-state index in [2.05, 4.69) is 6.07 Å². The predicted molar refractivity (Wildman–Crippen MR) is 83.1 cm³/mol. The number of nitriles is 1. The van der Waals surface area contributed by atoms with Crippen molar-refractivity contribution in [3.05, 3.63) is 35.9 Å². The van der Waals surface area contributed by atoms with Crippen LogP contribution >= 0.6 is 0 Å². The monoisotopic (exact) mass is 298 g/mol. The molecule has 0 N–H and O–H groups in total. The lowest BCUT2D eigenvalue weighted by Crippen LogP contribution is -2.49. The van der Waals surface area contributed by atoms with E-state index in [9.17, 15) is 10.1 Å². The van der Waals surface area contributed by atoms with Crippen molar-refractivity contribution < 1.29 is 9.53 Å². The number of piperidine rings is 1. The van der Waals surface area contributed by atoms with E-state index >= 15 is 0 Å². The van der Waals surface area contributed by atoms with Crippen LogP contribution in [-0.4, -0.2) is 36.6 Å². The van der Waals surface area contributed by atoms with E-state index in [1.807, 2.05) is 35.2 Å². The molecule has 2 heterocycles. The molecule has 0 unspecified atom stereocenters. The Hall–Kier alpha value is -1.86. The highest BCUT2D eigenvalue weighted by atomic mass is 16.5. The molecule has 4 heteroatoms. The summed E-state index contributed by atoms with van der Waals surface area (Å²) in [6, 6.07) is 12.5. The van der Waals surface area contributed by atoms with Crippen molar-refractivity contribution >= 4 is 5.91 Å². The number of benzene rings is 1. The van der Waals surface area contributed by atoms with Gasteiger partial charge in [0.25, 0.3) is 5.91 Å². The summed E-state index contributed by atoms with van der Waals surface area (Å²) < 4.78 is 5.60. The molecule has 2 aliphatic heterocycles. The molecule has 116 valence electrons. The van der Waals surface area contributed by atoms with Crippen molar-refractivity contribution in [1.82, 2.24) is 4.90 Å². The van der Waals surface area contributed by atoms with Crippen molar-refractivity contribution in [2.24, 2.45) is 0 Å². The fraction of sp³-hybridized carbons (Fsp3) is 0.556. The van der Waals surface area contributed by atoms with Crippen LogP contribution in [0.2, 0.25) is 0 Å². The number of rotatable bonds is 2. The second-order valence-electron chi connectivity index (χ2n) is 6.24. The number of hydrogen-bond donors (Lipinski definition) is 0. The minimum atomic E-state index is -0.453. The summed E-state index contributed by atoms with van der Waals surface area (Å²) >= 11 is 0. The number of amides is 1. The third-order valence-corrected chi connectivity index (χ3v) is 4.92. The number of hydrogen-bond acceptors (Lipinski definition) is 3. The standard InChI is InChI=1S/C18H22N2O2/c19-14-18(15-6-2-1-3-7-15)9-11-20(12-10-18)17(21)16-8-4-5-13-22-16/h1-3,6-7,16H,4-5,8-13H2/t16-/m1/s1. The molecule has 2 aliphatic rings. The predicted octanol–water partition coefficient (Wildman–Crippen LogP) is 2.64. The fourth-order valence-electron chi connectivity index (χ4n) is 3.47. The van der Waals surface area contributed by atoms with Crippen LogP contribution in [0.4, 0.5) is 0 Å². The second kappa shape index (κ2) is 6.50. The summed E-state index contributed by atoms with van der Waals surface area (Å²) in [5, 5.41) is 9.69. The molecule has 1 aromatic rings. The van der Waals surface area contributed by atoms with Crippen LogP contribution in [-0.2, 0) is 14.9 Å². The third kappa shape index (κ3) is 2.86. The summed E-state index contributed by atoms with van der Waals surface area (Å²) in [6.45, 7) is 1.97. The maximum Gasteiger partial charge on any atom is 0.251 e. The Kier molecular flexibility index (Phi) is 4.44. The van der Waals surface area contributed by atoms with Crippen molar-refractivity contribution in [2.75, 3.05) is 19.7 Å². The number of ether oxygens (including phenoxy) is 1. The first-order valence-corrected chi connectivity index (χ1v) is 8.12. The first kappa shape index (κ1) is 15.1. The average molecular weight is 298 g/mol. The first-order valence-electron chi connectivity index (χ1n) is 8.12. The van der Waals surface area contributed by atoms with Crippen LogP contribution in [0.3, 0.4) is 0 Å². The molecule has 1 amide bonds. The molecule has 0 bridgehead atoms. The van der Waals surface area contributed by atoms with Gasteiger partial charge in [0.05, 0.1) is 11.5 Å². The smallest absolute Gasteiger partial charge is 0.251 e. The van der Waals surface area contributed by atoms with Crippen LogP contribution < -0.4 is 0 Å². The lowest BCUT2D eigenvalue weighted by Gasteiger charge is -2.39. The first-order chi connectivity index (χ1) is 10.7. The lowest BCUT2D eigenvalue weighted by atomic mass is 9.74. The Bertz CT molecular complexity index is 550. The van der Waals surface area contributed by atoms with Gasteiger partial charge in [0.1, 0.15) is 6.10 Å². The highest BCUT2D eigenvalue weighted by molar-refractivity contribution is 5.81. The molecule has 22 heavy (non-hydrogen) atoms. The van der Waals surface area contributed by atoms with Gasteiger partial charge in [-0.1, -0.05) is 30.3 Å². The molecule has 1 aromatic carbocycles. The molecule has 3 rings (SSSR count). The van der Waals surface area contributed by atoms with Crippen molar-refractivity contribution in [3.63, 3.8) is 0 Å². The Labute approximate surface area is 131 Å². The van der Waals surface area contributed by atoms with Gasteiger partial charge in [0.15, 0.2) is 0 Å². The van der Waals surface area contributed by atoms with E-state index in [-0.39, 0.29) is 12.0 Å². The van der Waals surface area contributed by atoms with Gasteiger partial charge in [-0.15, -0.1) is 0 Å². The second-order valence-corrected chi connectivity index (χ2v) is 6.24. The van der Waals surface area contributed by atoms with Crippen LogP contribution in [0, 0.1) is 11.3 Å². The third-order valence-electron chi connectivity index (χ3n) is 4.92. The molecule has 2 saturated heterocycles. The minimum Gasteiger partial charge on any atom is -0.368 e. The van der Waals surface area contributed by atoms with Gasteiger partial charge in [-0.25, -0.2) is 0 Å². The molecule has 0 saturated carbocycles. The van der Waals surface area contributed by atoms with Gasteiger partial charge in [-0.2, -0.15) is 5.26 Å². The van der Waals surface area contributed by atoms with Gasteiger partial charge in [0.2, 0.25) is 0 Å². The zero-order valence-corrected chi connectivity index (χ0v) is 12.8. The summed E-state index contributed by atoms with van der Waals surface area (Å²) in [7, 11) is 0. The van der Waals surface area contributed by atoms with E-state index in [4.69, 9.17) is 4.74 Å². The molecule has 0 radical (unpaired) electrons. The van der Waals surface area contributed by atoms with E-state index in [1.54, 1.807) is 0 Å². The quantitative estimate of drug-likeness (QED) is 0.843. The highest BCUT2D eigenvalue weighted by Gasteiger charge is 2.39. The Morgan fingerprint density at radius 3 is 2.55 bits per heavy atom. The zero-order valence-electron chi connectivity index (χ0n) is 12.8. The number of carbonyl (C=O) groups excluding carboxylic acids is 1. The summed E-state index contributed by atoms with van der Waals surface area (Å²) in [4.78, 5) is 14.4. The molecular formula is C18H22N2O2. The van der Waals surface area contributed by atoms with E-state index in [1.165, 1.54) is 0 Å². The van der Waals surface area contributed by atoms with Crippen LogP contribution in [0.1, 0.15) is 37.7 Å². The Morgan fingerprint density at radius 1 is 1.23 bits per heavy atom. The Balaban J connectivity index is 1.66. The van der Waals surface area contributed by atoms with Gasteiger partial charge < -0.3 is 9.64 Å². The van der Waals surface area contributed by atoms with E-state index < -0.39 is 5.41 Å². The number of carbonyl (C=O) groups is 1. The summed E-state index contributed by atoms with van der Waals surface area (Å²) in [5.41, 5.74) is 0.615. The topological polar surface area (TPSA) is 53.3 Å². The molecular weight excluding hydrogens is 276 g/mol. The van der Waals surface area contributed by atoms with Crippen molar-refractivity contribution in [1.29, 1.82) is 5.26 Å². The van der Waals surface area contributed by atoms with E-state index in [0.29, 0.717) is 32.5 Å². The van der Waals surface area contributed by atoms with Crippen molar-refractivity contribution in [3.8, 4) is 6.07 Å². The van der Waals surface area contributed by atoms with Gasteiger partial charge in [-0.05, 0) is 37.7 Å². The van der Waals surface area contributed by atoms with Gasteiger partial charge >= 0.3 is 0 Å². The van der Waals surface area contributed by atoms with Gasteiger partial charge in [-0.3, -0.25) is 4.79 Å². The molecule has 2 fully saturated rings. The fourth-order valence-corrected chi connectivity index (χ4v) is 3.47. The summed E-state index contributed by atoms with van der Waals surface area (Å²) in [6.07, 6.45) is 4.08. The molecule has 0 aliphatic carbocycles. The molecule has 1 atom stereocenters. The summed E-state index contributed by atoms with van der Waals surface area (Å²) in [5.74, 6) is 0.110. The Morgan fingerprint density at radius 2 is 1.95 bits per heavy atom. The van der Waals surface area contributed by atoms with Crippen molar-refractivity contribution in [2.45, 2.75) is 43.6 Å².